The Morgan fingerprint density at radius 1 is 1.12 bits per heavy atom. The molecular formula is C21H23N3O2. The van der Waals surface area contributed by atoms with E-state index < -0.39 is 12.1 Å². The number of carbonyl (C=O) groups excluding carboxylic acids is 2. The molecule has 2 atom stereocenters. The van der Waals surface area contributed by atoms with Crippen molar-refractivity contribution in [2.24, 2.45) is 0 Å². The number of hydrogen-bond acceptors (Lipinski definition) is 3. The molecule has 5 nitrogen and oxygen atoms in total. The molecule has 0 aliphatic carbocycles. The molecule has 0 radical (unpaired) electrons. The molecule has 1 saturated heterocycles. The highest BCUT2D eigenvalue weighted by Crippen LogP contribution is 2.35. The van der Waals surface area contributed by atoms with E-state index in [0.29, 0.717) is 13.0 Å². The first-order valence-electron chi connectivity index (χ1n) is 9.21. The van der Waals surface area contributed by atoms with Gasteiger partial charge in [-0.3, -0.25) is 9.59 Å². The first-order valence-corrected chi connectivity index (χ1v) is 9.21. The summed E-state index contributed by atoms with van der Waals surface area (Å²) in [6, 6.07) is 17.1. The molecule has 0 aromatic heterocycles. The van der Waals surface area contributed by atoms with Gasteiger partial charge in [-0.2, -0.15) is 0 Å². The number of benzene rings is 2. The SMILES string of the molecule is O=C1NCCCC1NC(=O)C(c1ccccc1)N1CCc2ccccc21. The maximum absolute atomic E-state index is 13.2. The number of nitrogens with one attached hydrogen (secondary N) is 2. The first-order chi connectivity index (χ1) is 12.7. The Hall–Kier alpha value is -2.82. The van der Waals surface area contributed by atoms with E-state index in [4.69, 9.17) is 0 Å². The minimum atomic E-state index is -0.444. The van der Waals surface area contributed by atoms with Crippen LogP contribution < -0.4 is 15.5 Å². The fourth-order valence-corrected chi connectivity index (χ4v) is 3.90. The molecular weight excluding hydrogens is 326 g/mol. The summed E-state index contributed by atoms with van der Waals surface area (Å²) in [4.78, 5) is 27.4. The van der Waals surface area contributed by atoms with Gasteiger partial charge in [-0.1, -0.05) is 48.5 Å². The summed E-state index contributed by atoms with van der Waals surface area (Å²) >= 11 is 0. The second kappa shape index (κ2) is 7.20. The van der Waals surface area contributed by atoms with Crippen LogP contribution in [0.2, 0.25) is 0 Å². The number of rotatable bonds is 4. The fourth-order valence-electron chi connectivity index (χ4n) is 3.90. The average molecular weight is 349 g/mol. The number of anilines is 1. The zero-order chi connectivity index (χ0) is 17.9. The van der Waals surface area contributed by atoms with E-state index in [2.05, 4.69) is 27.7 Å². The van der Waals surface area contributed by atoms with Crippen LogP contribution in [-0.2, 0) is 16.0 Å². The van der Waals surface area contributed by atoms with E-state index in [1.165, 1.54) is 5.56 Å². The second-order valence-electron chi connectivity index (χ2n) is 6.88. The highest BCUT2D eigenvalue weighted by Gasteiger charge is 2.34. The average Bonchev–Trinajstić information content (AvgIpc) is 3.09. The van der Waals surface area contributed by atoms with Gasteiger partial charge in [0.2, 0.25) is 11.8 Å². The number of amides is 2. The number of hydrogen-bond donors (Lipinski definition) is 2. The van der Waals surface area contributed by atoms with Gasteiger partial charge < -0.3 is 15.5 Å². The van der Waals surface area contributed by atoms with Crippen molar-refractivity contribution in [1.82, 2.24) is 10.6 Å². The molecule has 5 heteroatoms. The predicted molar refractivity (Wildman–Crippen MR) is 101 cm³/mol. The Morgan fingerprint density at radius 2 is 1.88 bits per heavy atom. The summed E-state index contributed by atoms with van der Waals surface area (Å²) in [7, 11) is 0. The lowest BCUT2D eigenvalue weighted by atomic mass is 10.0. The first kappa shape index (κ1) is 16.6. The number of piperidine rings is 1. The van der Waals surface area contributed by atoms with Crippen molar-refractivity contribution in [3.8, 4) is 0 Å². The van der Waals surface area contributed by atoms with Gasteiger partial charge in [0.15, 0.2) is 0 Å². The summed E-state index contributed by atoms with van der Waals surface area (Å²) < 4.78 is 0. The number of para-hydroxylation sites is 1. The quantitative estimate of drug-likeness (QED) is 0.889. The molecule has 26 heavy (non-hydrogen) atoms. The summed E-state index contributed by atoms with van der Waals surface area (Å²) in [6.07, 6.45) is 2.51. The molecule has 2 amide bonds. The minimum Gasteiger partial charge on any atom is -0.355 e. The lowest BCUT2D eigenvalue weighted by molar-refractivity contribution is -0.130. The summed E-state index contributed by atoms with van der Waals surface area (Å²) in [5, 5.41) is 5.82. The van der Waals surface area contributed by atoms with Gasteiger partial charge in [-0.15, -0.1) is 0 Å². The Balaban J connectivity index is 1.64. The molecule has 2 aliphatic heterocycles. The van der Waals surface area contributed by atoms with Crippen LogP contribution in [0, 0.1) is 0 Å². The Labute approximate surface area is 153 Å². The van der Waals surface area contributed by atoms with Gasteiger partial charge in [0.25, 0.3) is 0 Å². The third-order valence-corrected chi connectivity index (χ3v) is 5.20. The molecule has 2 unspecified atom stereocenters. The zero-order valence-electron chi connectivity index (χ0n) is 14.7. The van der Waals surface area contributed by atoms with Gasteiger partial charge in [0.05, 0.1) is 0 Å². The summed E-state index contributed by atoms with van der Waals surface area (Å²) in [5.74, 6) is -0.201. The van der Waals surface area contributed by atoms with Crippen LogP contribution in [0.4, 0.5) is 5.69 Å². The standard InChI is InChI=1S/C21H23N3O2/c25-20-17(10-6-13-22-20)23-21(26)19(16-8-2-1-3-9-16)24-14-12-15-7-4-5-11-18(15)24/h1-5,7-9,11,17,19H,6,10,12-14H2,(H,22,25)(H,23,26). The summed E-state index contributed by atoms with van der Waals surface area (Å²) in [5.41, 5.74) is 3.30. The number of nitrogens with zero attached hydrogens (tertiary/aromatic N) is 1. The number of fused-ring (bicyclic) bond motifs is 1. The van der Waals surface area contributed by atoms with Gasteiger partial charge in [-0.25, -0.2) is 0 Å². The molecule has 0 saturated carbocycles. The Kier molecular flexibility index (Phi) is 4.61. The minimum absolute atomic E-state index is 0.0850. The zero-order valence-corrected chi connectivity index (χ0v) is 14.7. The maximum Gasteiger partial charge on any atom is 0.248 e. The third-order valence-electron chi connectivity index (χ3n) is 5.20. The van der Waals surface area contributed by atoms with Gasteiger partial charge in [0.1, 0.15) is 12.1 Å². The Bertz CT molecular complexity index is 806. The van der Waals surface area contributed by atoms with Crippen molar-refractivity contribution < 1.29 is 9.59 Å². The predicted octanol–water partition coefficient (Wildman–Crippen LogP) is 2.19. The van der Waals surface area contributed by atoms with Crippen molar-refractivity contribution in [3.63, 3.8) is 0 Å². The smallest absolute Gasteiger partial charge is 0.248 e. The van der Waals surface area contributed by atoms with Crippen molar-refractivity contribution in [2.45, 2.75) is 31.3 Å². The molecule has 2 aromatic carbocycles. The molecule has 4 rings (SSSR count). The van der Waals surface area contributed by atoms with Gasteiger partial charge in [0, 0.05) is 18.8 Å². The monoisotopic (exact) mass is 349 g/mol. The lowest BCUT2D eigenvalue weighted by Crippen LogP contribution is -2.53. The van der Waals surface area contributed by atoms with Crippen LogP contribution in [0.1, 0.15) is 30.0 Å². The van der Waals surface area contributed by atoms with E-state index in [0.717, 1.165) is 30.6 Å². The fraction of sp³-hybridized carbons (Fsp3) is 0.333. The van der Waals surface area contributed by atoms with Crippen molar-refractivity contribution in [3.05, 3.63) is 65.7 Å². The molecule has 2 heterocycles. The van der Waals surface area contributed by atoms with E-state index in [9.17, 15) is 9.59 Å². The Morgan fingerprint density at radius 3 is 2.69 bits per heavy atom. The summed E-state index contributed by atoms with van der Waals surface area (Å²) in [6.45, 7) is 1.48. The maximum atomic E-state index is 13.2. The van der Waals surface area contributed by atoms with E-state index in [1.54, 1.807) is 0 Å². The molecule has 134 valence electrons. The van der Waals surface area contributed by atoms with Crippen molar-refractivity contribution >= 4 is 17.5 Å². The largest absolute Gasteiger partial charge is 0.355 e. The van der Waals surface area contributed by atoms with Gasteiger partial charge in [-0.05, 0) is 36.5 Å². The van der Waals surface area contributed by atoms with Crippen molar-refractivity contribution in [1.29, 1.82) is 0 Å². The van der Waals surface area contributed by atoms with Crippen LogP contribution in [-0.4, -0.2) is 30.9 Å². The van der Waals surface area contributed by atoms with Crippen LogP contribution >= 0.6 is 0 Å². The second-order valence-corrected chi connectivity index (χ2v) is 6.88. The van der Waals surface area contributed by atoms with Crippen LogP contribution in [0.25, 0.3) is 0 Å². The van der Waals surface area contributed by atoms with Crippen molar-refractivity contribution in [2.75, 3.05) is 18.0 Å². The molecule has 0 spiro atoms. The molecule has 2 aromatic rings. The molecule has 2 N–H and O–H groups in total. The van der Waals surface area contributed by atoms with E-state index >= 15 is 0 Å². The normalized spacial score (nSPS) is 20.2. The van der Waals surface area contributed by atoms with Gasteiger partial charge >= 0.3 is 0 Å². The lowest BCUT2D eigenvalue weighted by Gasteiger charge is -2.32. The van der Waals surface area contributed by atoms with Crippen LogP contribution in [0.15, 0.2) is 54.6 Å². The molecule has 2 aliphatic rings. The third kappa shape index (κ3) is 3.17. The molecule has 1 fully saturated rings. The van der Waals surface area contributed by atoms with Crippen LogP contribution in [0.3, 0.4) is 0 Å². The van der Waals surface area contributed by atoms with E-state index in [1.807, 2.05) is 42.5 Å². The number of carbonyl (C=O) groups is 2. The van der Waals surface area contributed by atoms with Crippen LogP contribution in [0.5, 0.6) is 0 Å². The van der Waals surface area contributed by atoms with E-state index in [-0.39, 0.29) is 11.8 Å². The molecule has 0 bridgehead atoms. The highest BCUT2D eigenvalue weighted by atomic mass is 16.2. The highest BCUT2D eigenvalue weighted by molar-refractivity contribution is 5.92. The topological polar surface area (TPSA) is 61.4 Å².